The zero-order valence-corrected chi connectivity index (χ0v) is 9.30. The summed E-state index contributed by atoms with van der Waals surface area (Å²) < 4.78 is 4.99. The minimum Gasteiger partial charge on any atom is -0.393 e. The topological polar surface area (TPSA) is 50.7 Å². The van der Waals surface area contributed by atoms with Crippen molar-refractivity contribution in [2.75, 3.05) is 13.1 Å². The first-order valence-corrected chi connectivity index (χ1v) is 5.23. The van der Waals surface area contributed by atoms with Crippen LogP contribution in [0.5, 0.6) is 0 Å². The zero-order valence-electron chi connectivity index (χ0n) is 9.30. The van der Waals surface area contributed by atoms with Crippen LogP contribution in [0.4, 0.5) is 0 Å². The molecule has 1 N–H and O–H groups in total. The van der Waals surface area contributed by atoms with Crippen molar-refractivity contribution in [1.82, 2.24) is 5.32 Å². The zero-order chi connectivity index (χ0) is 10.8. The molecule has 0 saturated carbocycles. The molecule has 0 atom stereocenters. The number of nitrogens with zero attached hydrogens (tertiary/aromatic N) is 1. The smallest absolute Gasteiger partial charge is 0.313 e. The molecule has 0 fully saturated rings. The number of carbonyl (C=O) groups is 1. The molecule has 0 saturated heterocycles. The first-order chi connectivity index (χ1) is 6.74. The van der Waals surface area contributed by atoms with Gasteiger partial charge in [0, 0.05) is 19.5 Å². The molecule has 0 aromatic rings. The summed E-state index contributed by atoms with van der Waals surface area (Å²) in [6, 6.07) is 0.354. The van der Waals surface area contributed by atoms with Gasteiger partial charge in [0.1, 0.15) is 0 Å². The second kappa shape index (κ2) is 8.53. The Bertz CT molecular complexity index is 191. The first kappa shape index (κ1) is 12.9. The normalized spacial score (nSPS) is 11.2. The molecule has 4 heteroatoms. The molecule has 0 aliphatic rings. The number of hydrogen-bond donors (Lipinski definition) is 1. The average Bonchev–Trinajstić information content (AvgIpc) is 2.18. The van der Waals surface area contributed by atoms with Crippen LogP contribution < -0.4 is 5.32 Å². The largest absolute Gasteiger partial charge is 0.393 e. The molecule has 82 valence electrons. The van der Waals surface area contributed by atoms with Crippen molar-refractivity contribution in [2.45, 2.75) is 40.0 Å². The van der Waals surface area contributed by atoms with Crippen molar-refractivity contribution in [1.29, 1.82) is 0 Å². The maximum Gasteiger partial charge on any atom is 0.313 e. The molecule has 0 aromatic carbocycles. The van der Waals surface area contributed by atoms with Crippen molar-refractivity contribution >= 4 is 12.0 Å². The predicted octanol–water partition coefficient (Wildman–Crippen LogP) is 1.71. The fourth-order valence-corrected chi connectivity index (χ4v) is 0.794. The van der Waals surface area contributed by atoms with E-state index >= 15 is 0 Å². The van der Waals surface area contributed by atoms with Gasteiger partial charge in [-0.3, -0.25) is 4.79 Å². The molecular formula is C10H20N2O2. The minimum absolute atomic E-state index is 0.249. The standard InChI is InChI=1S/C10H20N2O2/c1-4-7-8-12-10(11-6-3)14-9(13)5-2/h4-8H2,1-3H3,(H,11,12). The van der Waals surface area contributed by atoms with Crippen LogP contribution in [0.25, 0.3) is 0 Å². The third kappa shape index (κ3) is 6.46. The van der Waals surface area contributed by atoms with Gasteiger partial charge >= 0.3 is 5.97 Å². The van der Waals surface area contributed by atoms with E-state index in [9.17, 15) is 4.79 Å². The Morgan fingerprint density at radius 1 is 1.36 bits per heavy atom. The lowest BCUT2D eigenvalue weighted by Crippen LogP contribution is -2.28. The van der Waals surface area contributed by atoms with Crippen LogP contribution in [0.15, 0.2) is 4.99 Å². The predicted molar refractivity (Wildman–Crippen MR) is 57.3 cm³/mol. The van der Waals surface area contributed by atoms with Gasteiger partial charge in [-0.15, -0.1) is 0 Å². The molecule has 0 heterocycles. The third-order valence-corrected chi connectivity index (χ3v) is 1.59. The number of esters is 1. The van der Waals surface area contributed by atoms with Gasteiger partial charge in [0.05, 0.1) is 0 Å². The van der Waals surface area contributed by atoms with Crippen molar-refractivity contribution in [2.24, 2.45) is 4.99 Å². The quantitative estimate of drug-likeness (QED) is 0.318. The maximum absolute atomic E-state index is 11.0. The van der Waals surface area contributed by atoms with Crippen LogP contribution in [0.2, 0.25) is 0 Å². The monoisotopic (exact) mass is 200 g/mol. The van der Waals surface area contributed by atoms with Gasteiger partial charge in [0.15, 0.2) is 0 Å². The SMILES string of the molecule is CCCCN=C(NCC)OC(=O)CC. The molecule has 14 heavy (non-hydrogen) atoms. The fraction of sp³-hybridized carbons (Fsp3) is 0.800. The van der Waals surface area contributed by atoms with Gasteiger partial charge in [0.25, 0.3) is 6.02 Å². The third-order valence-electron chi connectivity index (χ3n) is 1.59. The van der Waals surface area contributed by atoms with E-state index in [0.717, 1.165) is 12.8 Å². The van der Waals surface area contributed by atoms with Gasteiger partial charge in [-0.05, 0) is 13.3 Å². The van der Waals surface area contributed by atoms with E-state index in [4.69, 9.17) is 4.74 Å². The van der Waals surface area contributed by atoms with Crippen molar-refractivity contribution in [3.8, 4) is 0 Å². The summed E-state index contributed by atoms with van der Waals surface area (Å²) in [4.78, 5) is 15.1. The number of amidine groups is 1. The van der Waals surface area contributed by atoms with E-state index < -0.39 is 0 Å². The summed E-state index contributed by atoms with van der Waals surface area (Å²) in [5.74, 6) is -0.249. The molecule has 0 aliphatic carbocycles. The van der Waals surface area contributed by atoms with Crippen LogP contribution in [-0.2, 0) is 9.53 Å². The van der Waals surface area contributed by atoms with Gasteiger partial charge in [-0.25, -0.2) is 4.99 Å². The van der Waals surface area contributed by atoms with Gasteiger partial charge in [0.2, 0.25) is 0 Å². The lowest BCUT2D eigenvalue weighted by atomic mass is 10.3. The Hall–Kier alpha value is -1.06. The van der Waals surface area contributed by atoms with Gasteiger partial charge < -0.3 is 10.1 Å². The summed E-state index contributed by atoms with van der Waals surface area (Å²) in [5.41, 5.74) is 0. The first-order valence-electron chi connectivity index (χ1n) is 5.23. The molecule has 0 aromatic heterocycles. The van der Waals surface area contributed by atoms with E-state index in [2.05, 4.69) is 17.2 Å². The van der Waals surface area contributed by atoms with E-state index in [0.29, 0.717) is 25.5 Å². The van der Waals surface area contributed by atoms with E-state index in [1.165, 1.54) is 0 Å². The molecule has 0 spiro atoms. The highest BCUT2D eigenvalue weighted by atomic mass is 16.6. The number of hydrogen-bond acceptors (Lipinski definition) is 3. The highest BCUT2D eigenvalue weighted by molar-refractivity contribution is 5.87. The average molecular weight is 200 g/mol. The summed E-state index contributed by atoms with van der Waals surface area (Å²) in [6.45, 7) is 7.21. The van der Waals surface area contributed by atoms with Gasteiger partial charge in [-0.1, -0.05) is 20.3 Å². The maximum atomic E-state index is 11.0. The Labute approximate surface area is 85.7 Å². The molecular weight excluding hydrogens is 180 g/mol. The summed E-state index contributed by atoms with van der Waals surface area (Å²) in [7, 11) is 0. The molecule has 0 rings (SSSR count). The minimum atomic E-state index is -0.249. The number of ether oxygens (including phenoxy) is 1. The molecule has 0 aliphatic heterocycles. The molecule has 0 amide bonds. The molecule has 4 nitrogen and oxygen atoms in total. The lowest BCUT2D eigenvalue weighted by Gasteiger charge is -2.07. The Balaban J connectivity index is 3.99. The number of carbonyl (C=O) groups excluding carboxylic acids is 1. The Morgan fingerprint density at radius 3 is 2.57 bits per heavy atom. The summed E-state index contributed by atoms with van der Waals surface area (Å²) >= 11 is 0. The number of aliphatic imine (C=N–C) groups is 1. The van der Waals surface area contributed by atoms with E-state index in [1.807, 2.05) is 6.92 Å². The van der Waals surface area contributed by atoms with Gasteiger partial charge in [-0.2, -0.15) is 0 Å². The highest BCUT2D eigenvalue weighted by Gasteiger charge is 2.04. The second-order valence-corrected chi connectivity index (χ2v) is 2.90. The molecule has 0 unspecified atom stereocenters. The number of nitrogens with one attached hydrogen (secondary N) is 1. The highest BCUT2D eigenvalue weighted by Crippen LogP contribution is 1.91. The van der Waals surface area contributed by atoms with Crippen LogP contribution >= 0.6 is 0 Å². The summed E-state index contributed by atoms with van der Waals surface area (Å²) in [5, 5.41) is 2.91. The fourth-order valence-electron chi connectivity index (χ4n) is 0.794. The lowest BCUT2D eigenvalue weighted by molar-refractivity contribution is -0.135. The van der Waals surface area contributed by atoms with Crippen molar-refractivity contribution in [3.63, 3.8) is 0 Å². The Kier molecular flexibility index (Phi) is 7.89. The van der Waals surface area contributed by atoms with Crippen LogP contribution in [0, 0.1) is 0 Å². The van der Waals surface area contributed by atoms with Crippen molar-refractivity contribution < 1.29 is 9.53 Å². The number of unbranched alkanes of at least 4 members (excludes halogenated alkanes) is 1. The Morgan fingerprint density at radius 2 is 2.07 bits per heavy atom. The second-order valence-electron chi connectivity index (χ2n) is 2.90. The van der Waals surface area contributed by atoms with Crippen molar-refractivity contribution in [3.05, 3.63) is 0 Å². The van der Waals surface area contributed by atoms with Crippen LogP contribution in [0.1, 0.15) is 40.0 Å². The molecule has 0 bridgehead atoms. The molecule has 0 radical (unpaired) electrons. The summed E-state index contributed by atoms with van der Waals surface area (Å²) in [6.07, 6.45) is 2.47. The van der Waals surface area contributed by atoms with E-state index in [1.54, 1.807) is 6.92 Å². The van der Waals surface area contributed by atoms with E-state index in [-0.39, 0.29) is 5.97 Å². The van der Waals surface area contributed by atoms with Crippen LogP contribution in [0.3, 0.4) is 0 Å². The van der Waals surface area contributed by atoms with Crippen LogP contribution in [-0.4, -0.2) is 25.1 Å². The number of rotatable bonds is 5.